The third-order valence-electron chi connectivity index (χ3n) is 3.65. The number of thiazole rings is 1. The second-order valence-electron chi connectivity index (χ2n) is 5.83. The SMILES string of the molecule is Nc1ccc2nc(SCC(=O)Nc3nnc(SCc4ccc(F)cc4)s3)sc2c1. The Morgan fingerprint density at radius 2 is 1.90 bits per heavy atom. The first-order chi connectivity index (χ1) is 14.0. The van der Waals surface area contributed by atoms with E-state index in [0.717, 1.165) is 24.5 Å². The molecule has 0 bridgehead atoms. The van der Waals surface area contributed by atoms with Gasteiger partial charge in [-0.1, -0.05) is 47.0 Å². The van der Waals surface area contributed by atoms with Crippen LogP contribution in [0, 0.1) is 5.82 Å². The first-order valence-electron chi connectivity index (χ1n) is 8.34. The number of carbonyl (C=O) groups excluding carboxylic acids is 1. The number of nitrogens with one attached hydrogen (secondary N) is 1. The fourth-order valence-corrected chi connectivity index (χ4v) is 5.95. The molecule has 2 aromatic heterocycles. The van der Waals surface area contributed by atoms with Crippen molar-refractivity contribution in [1.29, 1.82) is 0 Å². The zero-order chi connectivity index (χ0) is 20.2. The average molecular weight is 464 g/mol. The van der Waals surface area contributed by atoms with Crippen LogP contribution in [0.4, 0.5) is 15.2 Å². The van der Waals surface area contributed by atoms with E-state index in [-0.39, 0.29) is 17.5 Å². The fraction of sp³-hybridized carbons (Fsp3) is 0.111. The predicted octanol–water partition coefficient (Wildman–Crippen LogP) is 4.89. The lowest BCUT2D eigenvalue weighted by atomic mass is 10.2. The minimum absolute atomic E-state index is 0.167. The summed E-state index contributed by atoms with van der Waals surface area (Å²) in [5.74, 6) is 0.459. The molecule has 0 fully saturated rings. The van der Waals surface area contributed by atoms with Crippen molar-refractivity contribution in [2.45, 2.75) is 14.4 Å². The molecule has 0 radical (unpaired) electrons. The van der Waals surface area contributed by atoms with Crippen molar-refractivity contribution in [3.05, 3.63) is 53.8 Å². The largest absolute Gasteiger partial charge is 0.399 e. The second-order valence-corrected chi connectivity index (χ2v) is 10.3. The van der Waals surface area contributed by atoms with E-state index in [0.29, 0.717) is 16.6 Å². The van der Waals surface area contributed by atoms with Gasteiger partial charge in [-0.3, -0.25) is 10.1 Å². The van der Waals surface area contributed by atoms with Crippen molar-refractivity contribution in [2.75, 3.05) is 16.8 Å². The van der Waals surface area contributed by atoms with Crippen LogP contribution in [0.1, 0.15) is 5.56 Å². The lowest BCUT2D eigenvalue weighted by Crippen LogP contribution is -2.13. The van der Waals surface area contributed by atoms with Gasteiger partial charge in [0, 0.05) is 11.4 Å². The van der Waals surface area contributed by atoms with Crippen LogP contribution in [0.5, 0.6) is 0 Å². The van der Waals surface area contributed by atoms with Gasteiger partial charge in [0.25, 0.3) is 0 Å². The number of nitrogen functional groups attached to an aromatic ring is 1. The summed E-state index contributed by atoms with van der Waals surface area (Å²) in [6, 6.07) is 11.9. The van der Waals surface area contributed by atoms with E-state index in [9.17, 15) is 9.18 Å². The lowest BCUT2D eigenvalue weighted by Gasteiger charge is -1.99. The maximum Gasteiger partial charge on any atom is 0.236 e. The molecule has 4 aromatic rings. The molecule has 0 unspecified atom stereocenters. The number of amides is 1. The standard InChI is InChI=1S/C18H14FN5OS4/c19-11-3-1-10(2-4-11)8-26-18-24-23-16(29-18)22-15(25)9-27-17-21-13-6-5-12(20)7-14(13)28-17/h1-7H,8-9,20H2,(H,22,23,25). The number of nitrogens with two attached hydrogens (primary N) is 1. The summed E-state index contributed by atoms with van der Waals surface area (Å²) >= 11 is 5.68. The van der Waals surface area contributed by atoms with Gasteiger partial charge < -0.3 is 5.73 Å². The summed E-state index contributed by atoms with van der Waals surface area (Å²) in [4.78, 5) is 16.7. The lowest BCUT2D eigenvalue weighted by molar-refractivity contribution is -0.113. The number of halogens is 1. The van der Waals surface area contributed by atoms with Crippen molar-refractivity contribution in [3.8, 4) is 0 Å². The maximum atomic E-state index is 12.9. The molecule has 0 aliphatic rings. The highest BCUT2D eigenvalue weighted by Gasteiger charge is 2.11. The van der Waals surface area contributed by atoms with Gasteiger partial charge in [-0.05, 0) is 35.9 Å². The van der Waals surface area contributed by atoms with Crippen molar-refractivity contribution in [2.24, 2.45) is 0 Å². The number of benzene rings is 2. The molecule has 2 heterocycles. The van der Waals surface area contributed by atoms with Crippen LogP contribution in [0.3, 0.4) is 0 Å². The van der Waals surface area contributed by atoms with Crippen LogP contribution in [0.25, 0.3) is 10.2 Å². The molecule has 11 heteroatoms. The number of rotatable bonds is 7. The molecule has 1 amide bonds. The van der Waals surface area contributed by atoms with E-state index in [1.165, 1.54) is 58.3 Å². The number of fused-ring (bicyclic) bond motifs is 1. The van der Waals surface area contributed by atoms with Crippen LogP contribution in [0.15, 0.2) is 51.1 Å². The molecule has 0 atom stereocenters. The van der Waals surface area contributed by atoms with E-state index in [1.54, 1.807) is 12.1 Å². The number of aromatic nitrogens is 3. The van der Waals surface area contributed by atoms with Crippen LogP contribution < -0.4 is 11.1 Å². The molecule has 3 N–H and O–H groups in total. The van der Waals surface area contributed by atoms with Crippen molar-refractivity contribution in [1.82, 2.24) is 15.2 Å². The highest BCUT2D eigenvalue weighted by molar-refractivity contribution is 8.01. The van der Waals surface area contributed by atoms with E-state index in [1.807, 2.05) is 18.2 Å². The minimum atomic E-state index is -0.257. The molecule has 2 aromatic carbocycles. The number of thioether (sulfide) groups is 2. The zero-order valence-corrected chi connectivity index (χ0v) is 18.1. The molecule has 29 heavy (non-hydrogen) atoms. The van der Waals surface area contributed by atoms with Gasteiger partial charge in [-0.2, -0.15) is 0 Å². The first-order valence-corrected chi connectivity index (χ1v) is 11.9. The van der Waals surface area contributed by atoms with E-state index in [2.05, 4.69) is 20.5 Å². The van der Waals surface area contributed by atoms with E-state index < -0.39 is 0 Å². The van der Waals surface area contributed by atoms with Gasteiger partial charge in [0.2, 0.25) is 11.0 Å². The van der Waals surface area contributed by atoms with Gasteiger partial charge >= 0.3 is 0 Å². The van der Waals surface area contributed by atoms with Gasteiger partial charge in [0.1, 0.15) is 5.82 Å². The topological polar surface area (TPSA) is 93.8 Å². The number of nitrogens with zero attached hydrogens (tertiary/aromatic N) is 3. The van der Waals surface area contributed by atoms with Gasteiger partial charge in [0.05, 0.1) is 16.0 Å². The van der Waals surface area contributed by atoms with Crippen LogP contribution in [-0.4, -0.2) is 26.8 Å². The predicted molar refractivity (Wildman–Crippen MR) is 119 cm³/mol. The molecule has 0 saturated heterocycles. The molecular weight excluding hydrogens is 449 g/mol. The van der Waals surface area contributed by atoms with Crippen molar-refractivity contribution >= 4 is 73.1 Å². The van der Waals surface area contributed by atoms with E-state index >= 15 is 0 Å². The number of hydrogen-bond acceptors (Lipinski definition) is 9. The Bertz CT molecular complexity index is 1140. The average Bonchev–Trinajstić information content (AvgIpc) is 3.32. The quantitative estimate of drug-likeness (QED) is 0.229. The maximum absolute atomic E-state index is 12.9. The fourth-order valence-electron chi connectivity index (χ4n) is 2.31. The second kappa shape index (κ2) is 9.08. The molecule has 0 spiro atoms. The van der Waals surface area contributed by atoms with Crippen LogP contribution in [-0.2, 0) is 10.5 Å². The smallest absolute Gasteiger partial charge is 0.236 e. The third-order valence-corrected chi connectivity index (χ3v) is 7.85. The molecular formula is C18H14FN5OS4. The third kappa shape index (κ3) is 5.44. The molecule has 0 aliphatic heterocycles. The monoisotopic (exact) mass is 463 g/mol. The highest BCUT2D eigenvalue weighted by Crippen LogP contribution is 2.31. The Kier molecular flexibility index (Phi) is 6.28. The normalized spacial score (nSPS) is 11.1. The number of anilines is 2. The number of hydrogen-bond donors (Lipinski definition) is 2. The summed E-state index contributed by atoms with van der Waals surface area (Å²) in [6.45, 7) is 0. The zero-order valence-electron chi connectivity index (χ0n) is 14.8. The molecule has 0 aliphatic carbocycles. The van der Waals surface area contributed by atoms with Crippen molar-refractivity contribution < 1.29 is 9.18 Å². The molecule has 6 nitrogen and oxygen atoms in total. The Hall–Kier alpha value is -2.21. The van der Waals surface area contributed by atoms with Gasteiger partial charge in [0.15, 0.2) is 8.68 Å². The highest BCUT2D eigenvalue weighted by atomic mass is 32.2. The Labute approximate surface area is 182 Å². The summed E-state index contributed by atoms with van der Waals surface area (Å²) < 4.78 is 15.5. The van der Waals surface area contributed by atoms with Crippen LogP contribution >= 0.6 is 46.2 Å². The van der Waals surface area contributed by atoms with Gasteiger partial charge in [-0.25, -0.2) is 9.37 Å². The molecule has 148 valence electrons. The minimum Gasteiger partial charge on any atom is -0.399 e. The van der Waals surface area contributed by atoms with E-state index in [4.69, 9.17) is 5.73 Å². The Morgan fingerprint density at radius 3 is 2.72 bits per heavy atom. The molecule has 0 saturated carbocycles. The first kappa shape index (κ1) is 20.1. The van der Waals surface area contributed by atoms with Gasteiger partial charge in [-0.15, -0.1) is 21.5 Å². The number of carbonyl (C=O) groups is 1. The van der Waals surface area contributed by atoms with Crippen molar-refractivity contribution in [3.63, 3.8) is 0 Å². The Balaban J connectivity index is 1.27. The molecule has 4 rings (SSSR count). The Morgan fingerprint density at radius 1 is 1.07 bits per heavy atom. The summed E-state index contributed by atoms with van der Waals surface area (Å²) in [5, 5.41) is 11.3. The summed E-state index contributed by atoms with van der Waals surface area (Å²) in [7, 11) is 0. The van der Waals surface area contributed by atoms with Crippen LogP contribution in [0.2, 0.25) is 0 Å². The summed E-state index contributed by atoms with van der Waals surface area (Å²) in [6.07, 6.45) is 0. The summed E-state index contributed by atoms with van der Waals surface area (Å²) in [5.41, 5.74) is 8.34.